The van der Waals surface area contributed by atoms with E-state index in [1.807, 2.05) is 0 Å². The molecular weight excluding hydrogens is 471 g/mol. The van der Waals surface area contributed by atoms with Gasteiger partial charge in [0.25, 0.3) is 0 Å². The highest BCUT2D eigenvalue weighted by atomic mass is 127. The number of piperidine rings is 1. The molecule has 2 rings (SSSR count). The SMILES string of the molecule is CCNC(=NCCc1nc(C(C)C)no1)NC1CCN(CCCOC)CC1.I. The molecule has 0 aliphatic carbocycles. The molecule has 1 aliphatic rings. The van der Waals surface area contributed by atoms with E-state index in [-0.39, 0.29) is 29.9 Å². The molecule has 1 aromatic heterocycles. The Kier molecular flexibility index (Phi) is 12.6. The van der Waals surface area contributed by atoms with Gasteiger partial charge in [0.2, 0.25) is 5.89 Å². The van der Waals surface area contributed by atoms with Gasteiger partial charge in [0.15, 0.2) is 11.8 Å². The Morgan fingerprint density at radius 1 is 1.36 bits per heavy atom. The van der Waals surface area contributed by atoms with E-state index in [1.54, 1.807) is 7.11 Å². The van der Waals surface area contributed by atoms with Crippen LogP contribution in [0.25, 0.3) is 0 Å². The zero-order valence-electron chi connectivity index (χ0n) is 17.7. The number of guanidine groups is 1. The highest BCUT2D eigenvalue weighted by Gasteiger charge is 2.19. The van der Waals surface area contributed by atoms with Crippen LogP contribution in [0.3, 0.4) is 0 Å². The van der Waals surface area contributed by atoms with Crippen molar-refractivity contribution in [3.63, 3.8) is 0 Å². The molecule has 28 heavy (non-hydrogen) atoms. The number of aliphatic imine (C=N–C) groups is 1. The number of nitrogens with one attached hydrogen (secondary N) is 2. The molecule has 2 heterocycles. The highest BCUT2D eigenvalue weighted by molar-refractivity contribution is 14.0. The van der Waals surface area contributed by atoms with Gasteiger partial charge in [0.05, 0.1) is 6.54 Å². The highest BCUT2D eigenvalue weighted by Crippen LogP contribution is 2.11. The summed E-state index contributed by atoms with van der Waals surface area (Å²) in [4.78, 5) is 11.6. The largest absolute Gasteiger partial charge is 0.385 e. The maximum atomic E-state index is 5.28. The molecule has 1 aliphatic heterocycles. The Morgan fingerprint density at radius 3 is 2.71 bits per heavy atom. The van der Waals surface area contributed by atoms with Crippen molar-refractivity contribution in [3.8, 4) is 0 Å². The standard InChI is InChI=1S/C19H36N6O2.HI/c1-5-20-19(21-10-7-17-23-18(15(2)3)24-27-17)22-16-8-12-25(13-9-16)11-6-14-26-4;/h15-16H,5-14H2,1-4H3,(H2,20,21,22);1H. The smallest absolute Gasteiger partial charge is 0.228 e. The molecule has 0 radical (unpaired) electrons. The van der Waals surface area contributed by atoms with Gasteiger partial charge in [0.1, 0.15) is 0 Å². The van der Waals surface area contributed by atoms with Crippen LogP contribution in [-0.4, -0.2) is 73.5 Å². The fraction of sp³-hybridized carbons (Fsp3) is 0.842. The first-order chi connectivity index (χ1) is 13.1. The van der Waals surface area contributed by atoms with Crippen LogP contribution >= 0.6 is 24.0 Å². The molecule has 0 aromatic carbocycles. The molecule has 0 unspecified atom stereocenters. The zero-order valence-corrected chi connectivity index (χ0v) is 20.1. The van der Waals surface area contributed by atoms with Gasteiger partial charge in [-0.15, -0.1) is 24.0 Å². The first-order valence-electron chi connectivity index (χ1n) is 10.2. The Labute approximate surface area is 186 Å². The van der Waals surface area contributed by atoms with E-state index in [1.165, 1.54) is 0 Å². The monoisotopic (exact) mass is 508 g/mol. The van der Waals surface area contributed by atoms with Crippen molar-refractivity contribution in [2.24, 2.45) is 4.99 Å². The molecule has 1 aromatic rings. The maximum absolute atomic E-state index is 5.28. The van der Waals surface area contributed by atoms with E-state index in [9.17, 15) is 0 Å². The van der Waals surface area contributed by atoms with Gasteiger partial charge < -0.3 is 24.8 Å². The number of aromatic nitrogens is 2. The second-order valence-electron chi connectivity index (χ2n) is 7.32. The van der Waals surface area contributed by atoms with Crippen molar-refractivity contribution >= 4 is 29.9 Å². The zero-order chi connectivity index (χ0) is 19.5. The van der Waals surface area contributed by atoms with E-state index < -0.39 is 0 Å². The molecule has 1 saturated heterocycles. The van der Waals surface area contributed by atoms with Crippen LogP contribution in [0.1, 0.15) is 57.7 Å². The van der Waals surface area contributed by atoms with Crippen LogP contribution in [0.4, 0.5) is 0 Å². The summed E-state index contributed by atoms with van der Waals surface area (Å²) >= 11 is 0. The van der Waals surface area contributed by atoms with Gasteiger partial charge in [-0.2, -0.15) is 4.98 Å². The molecule has 0 spiro atoms. The minimum Gasteiger partial charge on any atom is -0.385 e. The summed E-state index contributed by atoms with van der Waals surface area (Å²) in [6.45, 7) is 11.9. The average molecular weight is 508 g/mol. The van der Waals surface area contributed by atoms with Crippen LogP contribution in [0.2, 0.25) is 0 Å². The van der Waals surface area contributed by atoms with Crippen LogP contribution in [0.15, 0.2) is 9.52 Å². The molecule has 162 valence electrons. The lowest BCUT2D eigenvalue weighted by atomic mass is 10.1. The predicted octanol–water partition coefficient (Wildman–Crippen LogP) is 2.41. The summed E-state index contributed by atoms with van der Waals surface area (Å²) in [5, 5.41) is 10.9. The molecule has 2 N–H and O–H groups in total. The number of hydrogen-bond donors (Lipinski definition) is 2. The molecule has 0 bridgehead atoms. The number of hydrogen-bond acceptors (Lipinski definition) is 6. The van der Waals surface area contributed by atoms with Crippen molar-refractivity contribution in [3.05, 3.63) is 11.7 Å². The summed E-state index contributed by atoms with van der Waals surface area (Å²) in [5.74, 6) is 2.57. The summed E-state index contributed by atoms with van der Waals surface area (Å²) in [6, 6.07) is 0.470. The van der Waals surface area contributed by atoms with Crippen molar-refractivity contribution in [2.75, 3.05) is 46.4 Å². The van der Waals surface area contributed by atoms with E-state index in [2.05, 4.69) is 51.4 Å². The van der Waals surface area contributed by atoms with E-state index >= 15 is 0 Å². The summed E-state index contributed by atoms with van der Waals surface area (Å²) in [5.41, 5.74) is 0. The van der Waals surface area contributed by atoms with Crippen LogP contribution in [0.5, 0.6) is 0 Å². The van der Waals surface area contributed by atoms with Gasteiger partial charge in [-0.05, 0) is 26.2 Å². The van der Waals surface area contributed by atoms with E-state index in [4.69, 9.17) is 9.26 Å². The second-order valence-corrected chi connectivity index (χ2v) is 7.32. The summed E-state index contributed by atoms with van der Waals surface area (Å²) in [6.07, 6.45) is 4.04. The van der Waals surface area contributed by atoms with E-state index in [0.717, 1.165) is 63.8 Å². The normalized spacial score (nSPS) is 16.2. The third kappa shape index (κ3) is 9.04. The molecule has 0 amide bonds. The number of likely N-dealkylation sites (tertiary alicyclic amines) is 1. The lowest BCUT2D eigenvalue weighted by Gasteiger charge is -2.33. The van der Waals surface area contributed by atoms with Crippen molar-refractivity contribution in [1.29, 1.82) is 0 Å². The summed E-state index contributed by atoms with van der Waals surface area (Å²) < 4.78 is 10.4. The average Bonchev–Trinajstić information content (AvgIpc) is 3.13. The molecule has 0 saturated carbocycles. The number of nitrogens with zero attached hydrogens (tertiary/aromatic N) is 4. The van der Waals surface area contributed by atoms with Crippen LogP contribution in [-0.2, 0) is 11.2 Å². The predicted molar refractivity (Wildman–Crippen MR) is 123 cm³/mol. The first kappa shape index (κ1) is 25.1. The fourth-order valence-corrected chi connectivity index (χ4v) is 3.11. The van der Waals surface area contributed by atoms with Crippen LogP contribution < -0.4 is 10.6 Å². The Hall–Kier alpha value is -0.940. The topological polar surface area (TPSA) is 87.8 Å². The summed E-state index contributed by atoms with van der Waals surface area (Å²) in [7, 11) is 1.76. The maximum Gasteiger partial charge on any atom is 0.228 e. The van der Waals surface area contributed by atoms with Crippen molar-refractivity contribution < 1.29 is 9.26 Å². The molecule has 9 heteroatoms. The van der Waals surface area contributed by atoms with Crippen LogP contribution in [0, 0.1) is 0 Å². The number of halogens is 1. The van der Waals surface area contributed by atoms with Gasteiger partial charge >= 0.3 is 0 Å². The van der Waals surface area contributed by atoms with Crippen molar-refractivity contribution in [2.45, 2.75) is 58.4 Å². The third-order valence-electron chi connectivity index (χ3n) is 4.69. The molecule has 8 nitrogen and oxygen atoms in total. The van der Waals surface area contributed by atoms with Gasteiger partial charge in [-0.1, -0.05) is 19.0 Å². The quantitative estimate of drug-likeness (QED) is 0.217. The number of ether oxygens (including phenoxy) is 1. The fourth-order valence-electron chi connectivity index (χ4n) is 3.11. The lowest BCUT2D eigenvalue weighted by Crippen LogP contribution is -2.49. The Balaban J connectivity index is 0.00000392. The minimum absolute atomic E-state index is 0. The molecule has 1 fully saturated rings. The van der Waals surface area contributed by atoms with Gasteiger partial charge in [-0.3, -0.25) is 4.99 Å². The minimum atomic E-state index is 0. The van der Waals surface area contributed by atoms with Gasteiger partial charge in [-0.25, -0.2) is 0 Å². The number of methoxy groups -OCH3 is 1. The third-order valence-corrected chi connectivity index (χ3v) is 4.69. The second kappa shape index (κ2) is 14.1. The Bertz CT molecular complexity index is 558. The molecule has 0 atom stereocenters. The Morgan fingerprint density at radius 2 is 2.11 bits per heavy atom. The van der Waals surface area contributed by atoms with Crippen molar-refractivity contribution in [1.82, 2.24) is 25.7 Å². The van der Waals surface area contributed by atoms with E-state index in [0.29, 0.717) is 24.9 Å². The number of rotatable bonds is 10. The van der Waals surface area contributed by atoms with Gasteiger partial charge in [0, 0.05) is 58.3 Å². The first-order valence-corrected chi connectivity index (χ1v) is 10.2. The lowest BCUT2D eigenvalue weighted by molar-refractivity contribution is 0.155. The molecular formula is C19H37IN6O2.